The quantitative estimate of drug-likeness (QED) is 0.824. The summed E-state index contributed by atoms with van der Waals surface area (Å²) in [5, 5.41) is 3.79. The van der Waals surface area contributed by atoms with Gasteiger partial charge in [-0.1, -0.05) is 24.4 Å². The van der Waals surface area contributed by atoms with Crippen LogP contribution < -0.4 is 14.8 Å². The number of hydrogen-bond acceptors (Lipinski definition) is 3. The average Bonchev–Trinajstić information content (AvgIpc) is 3.15. The van der Waals surface area contributed by atoms with E-state index in [4.69, 9.17) is 21.1 Å². The summed E-state index contributed by atoms with van der Waals surface area (Å²) in [6.45, 7) is 1.47. The van der Waals surface area contributed by atoms with Gasteiger partial charge in [0.1, 0.15) is 0 Å². The molecule has 1 saturated carbocycles. The summed E-state index contributed by atoms with van der Waals surface area (Å²) in [7, 11) is 3.55. The molecule has 0 bridgehead atoms. The van der Waals surface area contributed by atoms with Crippen molar-refractivity contribution in [1.82, 2.24) is 5.32 Å². The Bertz CT molecular complexity index is 405. The highest BCUT2D eigenvalue weighted by atomic mass is 35.5. The van der Waals surface area contributed by atoms with E-state index in [1.807, 2.05) is 13.1 Å². The Balaban J connectivity index is 2.11. The minimum Gasteiger partial charge on any atom is -0.493 e. The first-order valence-electron chi connectivity index (χ1n) is 6.38. The fraction of sp³-hybridized carbons (Fsp3) is 0.571. The molecule has 0 unspecified atom stereocenters. The molecule has 0 atom stereocenters. The maximum Gasteiger partial charge on any atom is 0.165 e. The van der Waals surface area contributed by atoms with Crippen LogP contribution in [0.15, 0.2) is 12.1 Å². The summed E-state index contributed by atoms with van der Waals surface area (Å²) in [5.74, 6) is 2.40. The highest BCUT2D eigenvalue weighted by molar-refractivity contribution is 6.30. The standard InChI is InChI=1S/C14H20ClNO2/c1-16-9-11-7-12(15)8-13(17-2)14(11)18-6-5-10-3-4-10/h7-8,10,16H,3-6,9H2,1-2H3. The smallest absolute Gasteiger partial charge is 0.165 e. The summed E-state index contributed by atoms with van der Waals surface area (Å²) in [6.07, 6.45) is 3.83. The molecule has 100 valence electrons. The van der Waals surface area contributed by atoms with Gasteiger partial charge in [-0.15, -0.1) is 0 Å². The van der Waals surface area contributed by atoms with Crippen LogP contribution in [-0.2, 0) is 6.54 Å². The Morgan fingerprint density at radius 3 is 2.78 bits per heavy atom. The van der Waals surface area contributed by atoms with Gasteiger partial charge in [-0.05, 0) is 25.5 Å². The van der Waals surface area contributed by atoms with Crippen LogP contribution in [0.4, 0.5) is 0 Å². The van der Waals surface area contributed by atoms with E-state index < -0.39 is 0 Å². The summed E-state index contributed by atoms with van der Waals surface area (Å²) in [5.41, 5.74) is 1.04. The van der Waals surface area contributed by atoms with Crippen molar-refractivity contribution in [2.24, 2.45) is 5.92 Å². The number of benzene rings is 1. The highest BCUT2D eigenvalue weighted by Gasteiger charge is 2.21. The molecule has 0 saturated heterocycles. The average molecular weight is 270 g/mol. The van der Waals surface area contributed by atoms with Crippen molar-refractivity contribution in [1.29, 1.82) is 0 Å². The van der Waals surface area contributed by atoms with Gasteiger partial charge in [0.05, 0.1) is 13.7 Å². The van der Waals surface area contributed by atoms with Crippen LogP contribution >= 0.6 is 11.6 Å². The predicted molar refractivity (Wildman–Crippen MR) is 73.6 cm³/mol. The van der Waals surface area contributed by atoms with E-state index in [-0.39, 0.29) is 0 Å². The van der Waals surface area contributed by atoms with E-state index in [9.17, 15) is 0 Å². The lowest BCUT2D eigenvalue weighted by Gasteiger charge is -2.15. The Kier molecular flexibility index (Phi) is 4.72. The molecule has 0 radical (unpaired) electrons. The zero-order chi connectivity index (χ0) is 13.0. The van der Waals surface area contributed by atoms with Gasteiger partial charge in [0, 0.05) is 23.2 Å². The first-order valence-corrected chi connectivity index (χ1v) is 6.76. The SMILES string of the molecule is CNCc1cc(Cl)cc(OC)c1OCCC1CC1. The van der Waals surface area contributed by atoms with Gasteiger partial charge < -0.3 is 14.8 Å². The van der Waals surface area contributed by atoms with Gasteiger partial charge in [-0.3, -0.25) is 0 Å². The molecular formula is C14H20ClNO2. The summed E-state index contributed by atoms with van der Waals surface area (Å²) < 4.78 is 11.2. The van der Waals surface area contributed by atoms with Gasteiger partial charge in [0.25, 0.3) is 0 Å². The van der Waals surface area contributed by atoms with Crippen LogP contribution in [0, 0.1) is 5.92 Å². The molecule has 0 aliphatic heterocycles. The minimum absolute atomic E-state index is 0.673. The van der Waals surface area contributed by atoms with Crippen molar-refractivity contribution in [3.05, 3.63) is 22.7 Å². The monoisotopic (exact) mass is 269 g/mol. The van der Waals surface area contributed by atoms with Crippen LogP contribution in [0.2, 0.25) is 5.02 Å². The number of ether oxygens (including phenoxy) is 2. The fourth-order valence-electron chi connectivity index (χ4n) is 1.99. The Morgan fingerprint density at radius 2 is 2.17 bits per heavy atom. The minimum atomic E-state index is 0.673. The van der Waals surface area contributed by atoms with Crippen molar-refractivity contribution in [2.75, 3.05) is 20.8 Å². The van der Waals surface area contributed by atoms with E-state index in [1.54, 1.807) is 13.2 Å². The van der Waals surface area contributed by atoms with Crippen LogP contribution in [0.5, 0.6) is 11.5 Å². The molecule has 1 N–H and O–H groups in total. The van der Waals surface area contributed by atoms with Crippen LogP contribution in [0.3, 0.4) is 0 Å². The molecule has 1 aromatic rings. The second kappa shape index (κ2) is 6.30. The molecule has 0 amide bonds. The second-order valence-electron chi connectivity index (χ2n) is 4.71. The zero-order valence-corrected chi connectivity index (χ0v) is 11.7. The molecule has 1 aliphatic rings. The van der Waals surface area contributed by atoms with E-state index in [1.165, 1.54) is 12.8 Å². The third-order valence-electron chi connectivity index (χ3n) is 3.15. The van der Waals surface area contributed by atoms with Gasteiger partial charge >= 0.3 is 0 Å². The molecule has 0 spiro atoms. The largest absolute Gasteiger partial charge is 0.493 e. The lowest BCUT2D eigenvalue weighted by atomic mass is 10.2. The molecular weight excluding hydrogens is 250 g/mol. The van der Waals surface area contributed by atoms with Crippen LogP contribution in [0.25, 0.3) is 0 Å². The van der Waals surface area contributed by atoms with Gasteiger partial charge in [-0.25, -0.2) is 0 Å². The van der Waals surface area contributed by atoms with Crippen molar-refractivity contribution < 1.29 is 9.47 Å². The van der Waals surface area contributed by atoms with Crippen molar-refractivity contribution >= 4 is 11.6 Å². The normalized spacial score (nSPS) is 14.6. The summed E-state index contributed by atoms with van der Waals surface area (Å²) in [4.78, 5) is 0. The first-order chi connectivity index (χ1) is 8.74. The molecule has 1 aromatic carbocycles. The predicted octanol–water partition coefficient (Wildman–Crippen LogP) is 3.25. The lowest BCUT2D eigenvalue weighted by molar-refractivity contribution is 0.279. The molecule has 1 fully saturated rings. The molecule has 2 rings (SSSR count). The second-order valence-corrected chi connectivity index (χ2v) is 5.14. The molecule has 4 heteroatoms. The summed E-state index contributed by atoms with van der Waals surface area (Å²) >= 11 is 6.07. The molecule has 0 heterocycles. The third-order valence-corrected chi connectivity index (χ3v) is 3.37. The Hall–Kier alpha value is -0.930. The molecule has 1 aliphatic carbocycles. The number of rotatable bonds is 7. The van der Waals surface area contributed by atoms with Crippen molar-refractivity contribution in [3.8, 4) is 11.5 Å². The van der Waals surface area contributed by atoms with Crippen molar-refractivity contribution in [2.45, 2.75) is 25.8 Å². The van der Waals surface area contributed by atoms with Gasteiger partial charge in [-0.2, -0.15) is 0 Å². The number of methoxy groups -OCH3 is 1. The number of halogens is 1. The van der Waals surface area contributed by atoms with Crippen LogP contribution in [0.1, 0.15) is 24.8 Å². The highest BCUT2D eigenvalue weighted by Crippen LogP contribution is 2.36. The number of nitrogens with one attached hydrogen (secondary N) is 1. The zero-order valence-electron chi connectivity index (χ0n) is 11.0. The fourth-order valence-corrected chi connectivity index (χ4v) is 2.22. The Labute approximate surface area is 113 Å². The van der Waals surface area contributed by atoms with E-state index in [2.05, 4.69) is 5.32 Å². The first kappa shape index (κ1) is 13.5. The maximum absolute atomic E-state index is 6.07. The van der Waals surface area contributed by atoms with E-state index in [0.717, 1.165) is 36.8 Å². The molecule has 18 heavy (non-hydrogen) atoms. The summed E-state index contributed by atoms with van der Waals surface area (Å²) in [6, 6.07) is 3.72. The van der Waals surface area contributed by atoms with Gasteiger partial charge in [0.15, 0.2) is 11.5 Å². The topological polar surface area (TPSA) is 30.5 Å². The molecule has 0 aromatic heterocycles. The van der Waals surface area contributed by atoms with Gasteiger partial charge in [0.2, 0.25) is 0 Å². The van der Waals surface area contributed by atoms with Crippen molar-refractivity contribution in [3.63, 3.8) is 0 Å². The lowest BCUT2D eigenvalue weighted by Crippen LogP contribution is -2.09. The third kappa shape index (κ3) is 3.53. The van der Waals surface area contributed by atoms with E-state index in [0.29, 0.717) is 10.8 Å². The Morgan fingerprint density at radius 1 is 1.39 bits per heavy atom. The number of hydrogen-bond donors (Lipinski definition) is 1. The van der Waals surface area contributed by atoms with E-state index >= 15 is 0 Å². The molecule has 3 nitrogen and oxygen atoms in total. The maximum atomic E-state index is 6.07. The van der Waals surface area contributed by atoms with Crippen LogP contribution in [-0.4, -0.2) is 20.8 Å².